The van der Waals surface area contributed by atoms with Gasteiger partial charge in [-0.2, -0.15) is 30.7 Å². The Labute approximate surface area is 173 Å². The molecule has 0 radical (unpaired) electrons. The first-order valence-corrected chi connectivity index (χ1v) is 10.0. The molecule has 29 heavy (non-hydrogen) atoms. The van der Waals surface area contributed by atoms with E-state index in [0.717, 1.165) is 18.2 Å². The van der Waals surface area contributed by atoms with Gasteiger partial charge in [0.1, 0.15) is 0 Å². The van der Waals surface area contributed by atoms with Crippen LogP contribution < -0.4 is 0 Å². The minimum absolute atomic E-state index is 0.278. The Balaban J connectivity index is 2.93. The summed E-state index contributed by atoms with van der Waals surface area (Å²) in [7, 11) is -6.79. The molecular formula is C15H5Br2F9O2S. The van der Waals surface area contributed by atoms with E-state index in [9.17, 15) is 47.9 Å². The Kier molecular flexibility index (Phi) is 6.16. The predicted octanol–water partition coefficient (Wildman–Crippen LogP) is 6.72. The second kappa shape index (κ2) is 7.45. The molecule has 0 aliphatic rings. The van der Waals surface area contributed by atoms with E-state index in [0.29, 0.717) is 6.07 Å². The molecule has 0 atom stereocenters. The Morgan fingerprint density at radius 3 is 1.93 bits per heavy atom. The van der Waals surface area contributed by atoms with Crippen LogP contribution in [0.2, 0.25) is 0 Å². The van der Waals surface area contributed by atoms with E-state index in [1.165, 1.54) is 0 Å². The standard InChI is InChI=1S/C15H5Br2F9O2S/c16-6-4-8(17)11(7-2-1-3-9(18)12(7)19)10(5-6)29(27,28)15(25,26)13(20,21)14(22,23)24/h1-5H. The number of benzene rings is 2. The second-order valence-electron chi connectivity index (χ2n) is 5.45. The maximum Gasteiger partial charge on any atom is 0.461 e. The number of sulfone groups is 1. The van der Waals surface area contributed by atoms with Crippen LogP contribution in [0, 0.1) is 11.6 Å². The van der Waals surface area contributed by atoms with Crippen molar-refractivity contribution in [2.75, 3.05) is 0 Å². The molecule has 0 unspecified atom stereocenters. The minimum Gasteiger partial charge on any atom is -0.217 e. The van der Waals surface area contributed by atoms with Gasteiger partial charge >= 0.3 is 17.4 Å². The summed E-state index contributed by atoms with van der Waals surface area (Å²) >= 11 is 5.39. The second-order valence-corrected chi connectivity index (χ2v) is 9.18. The van der Waals surface area contributed by atoms with E-state index >= 15 is 0 Å². The van der Waals surface area contributed by atoms with Crippen molar-refractivity contribution in [3.05, 3.63) is 50.9 Å². The number of hydrogen-bond acceptors (Lipinski definition) is 2. The highest BCUT2D eigenvalue weighted by Crippen LogP contribution is 2.52. The van der Waals surface area contributed by atoms with Crippen LogP contribution in [-0.2, 0) is 9.84 Å². The van der Waals surface area contributed by atoms with Crippen LogP contribution in [0.5, 0.6) is 0 Å². The van der Waals surface area contributed by atoms with E-state index in [4.69, 9.17) is 0 Å². The molecule has 0 spiro atoms. The van der Waals surface area contributed by atoms with Gasteiger partial charge in [-0.1, -0.05) is 44.0 Å². The molecule has 0 N–H and O–H groups in total. The molecule has 2 rings (SSSR count). The molecule has 0 saturated heterocycles. The highest BCUT2D eigenvalue weighted by atomic mass is 79.9. The van der Waals surface area contributed by atoms with Crippen LogP contribution in [0.4, 0.5) is 39.5 Å². The monoisotopic (exact) mass is 578 g/mol. The molecule has 0 aliphatic heterocycles. The number of halogens is 11. The van der Waals surface area contributed by atoms with E-state index in [1.54, 1.807) is 0 Å². The van der Waals surface area contributed by atoms with Gasteiger partial charge < -0.3 is 0 Å². The highest BCUT2D eigenvalue weighted by molar-refractivity contribution is 9.11. The van der Waals surface area contributed by atoms with Gasteiger partial charge in [0.2, 0.25) is 0 Å². The van der Waals surface area contributed by atoms with E-state index < -0.39 is 59.3 Å². The molecule has 14 heteroatoms. The SMILES string of the molecule is O=S(=O)(c1cc(Br)cc(Br)c1-c1cccc(F)c1F)C(F)(F)C(F)(F)C(F)(F)F. The van der Waals surface area contributed by atoms with Gasteiger partial charge in [-0.05, 0) is 18.2 Å². The molecule has 0 amide bonds. The lowest BCUT2D eigenvalue weighted by Gasteiger charge is -2.28. The number of hydrogen-bond donors (Lipinski definition) is 0. The Bertz CT molecular complexity index is 1070. The quantitative estimate of drug-likeness (QED) is 0.377. The third-order valence-electron chi connectivity index (χ3n) is 3.59. The van der Waals surface area contributed by atoms with Crippen molar-refractivity contribution >= 4 is 41.7 Å². The van der Waals surface area contributed by atoms with Crippen LogP contribution in [0.3, 0.4) is 0 Å². The van der Waals surface area contributed by atoms with Gasteiger partial charge in [0.25, 0.3) is 9.84 Å². The number of alkyl halides is 7. The maximum absolute atomic E-state index is 14.1. The van der Waals surface area contributed by atoms with Crippen molar-refractivity contribution in [3.63, 3.8) is 0 Å². The van der Waals surface area contributed by atoms with Gasteiger partial charge in [0, 0.05) is 20.1 Å². The van der Waals surface area contributed by atoms with Gasteiger partial charge in [-0.3, -0.25) is 0 Å². The van der Waals surface area contributed by atoms with Crippen molar-refractivity contribution in [1.29, 1.82) is 0 Å². The van der Waals surface area contributed by atoms with Gasteiger partial charge in [0.15, 0.2) is 11.6 Å². The van der Waals surface area contributed by atoms with Gasteiger partial charge in [0.05, 0.1) is 4.90 Å². The first-order valence-electron chi connectivity index (χ1n) is 6.97. The van der Waals surface area contributed by atoms with E-state index in [2.05, 4.69) is 31.9 Å². The average Bonchev–Trinajstić information content (AvgIpc) is 2.56. The fourth-order valence-corrected chi connectivity index (χ4v) is 5.41. The Morgan fingerprint density at radius 2 is 1.41 bits per heavy atom. The number of rotatable bonds is 4. The van der Waals surface area contributed by atoms with Gasteiger partial charge in [-0.25, -0.2) is 17.2 Å². The molecule has 0 bridgehead atoms. The zero-order valence-electron chi connectivity index (χ0n) is 13.3. The fourth-order valence-electron chi connectivity index (χ4n) is 2.19. The summed E-state index contributed by atoms with van der Waals surface area (Å²) in [5, 5.41) is -6.67. The summed E-state index contributed by atoms with van der Waals surface area (Å²) in [5.74, 6) is -10.3. The van der Waals surface area contributed by atoms with Crippen LogP contribution in [-0.4, -0.2) is 25.8 Å². The van der Waals surface area contributed by atoms with Crippen molar-refractivity contribution in [2.24, 2.45) is 0 Å². The highest BCUT2D eigenvalue weighted by Gasteiger charge is 2.78. The topological polar surface area (TPSA) is 34.1 Å². The Morgan fingerprint density at radius 1 is 0.862 bits per heavy atom. The van der Waals surface area contributed by atoms with Crippen molar-refractivity contribution in [2.45, 2.75) is 22.2 Å². The lowest BCUT2D eigenvalue weighted by Crippen LogP contribution is -2.56. The summed E-state index contributed by atoms with van der Waals surface area (Å²) in [6.07, 6.45) is -6.92. The normalized spacial score (nSPS) is 13.6. The first-order chi connectivity index (χ1) is 13.0. The maximum atomic E-state index is 14.1. The summed E-state index contributed by atoms with van der Waals surface area (Å²) in [5.41, 5.74) is -2.03. The fraction of sp³-hybridized carbons (Fsp3) is 0.200. The molecule has 0 aliphatic carbocycles. The molecule has 0 heterocycles. The minimum atomic E-state index is -6.98. The third kappa shape index (κ3) is 3.78. The van der Waals surface area contributed by atoms with Gasteiger partial charge in [-0.15, -0.1) is 0 Å². The summed E-state index contributed by atoms with van der Waals surface area (Å²) < 4.78 is 143. The molecule has 2 aromatic carbocycles. The molecule has 0 aromatic heterocycles. The zero-order valence-corrected chi connectivity index (χ0v) is 17.3. The zero-order chi connectivity index (χ0) is 22.6. The van der Waals surface area contributed by atoms with E-state index in [1.807, 2.05) is 0 Å². The largest absolute Gasteiger partial charge is 0.461 e. The Hall–Kier alpha value is -1.28. The molecule has 160 valence electrons. The van der Waals surface area contributed by atoms with Crippen molar-refractivity contribution < 1.29 is 47.9 Å². The predicted molar refractivity (Wildman–Crippen MR) is 90.3 cm³/mol. The summed E-state index contributed by atoms with van der Waals surface area (Å²) in [4.78, 5) is -1.78. The first kappa shape index (κ1) is 24.0. The lowest BCUT2D eigenvalue weighted by molar-refractivity contribution is -0.332. The molecule has 0 fully saturated rings. The van der Waals surface area contributed by atoms with Crippen molar-refractivity contribution in [1.82, 2.24) is 0 Å². The molecular weight excluding hydrogens is 575 g/mol. The van der Waals surface area contributed by atoms with Crippen LogP contribution >= 0.6 is 31.9 Å². The van der Waals surface area contributed by atoms with Crippen LogP contribution in [0.15, 0.2) is 44.2 Å². The van der Waals surface area contributed by atoms with Crippen LogP contribution in [0.1, 0.15) is 0 Å². The van der Waals surface area contributed by atoms with Crippen molar-refractivity contribution in [3.8, 4) is 11.1 Å². The average molecular weight is 580 g/mol. The summed E-state index contributed by atoms with van der Waals surface area (Å²) in [6, 6.07) is 3.41. The third-order valence-corrected chi connectivity index (χ3v) is 6.50. The smallest absolute Gasteiger partial charge is 0.217 e. The molecule has 0 saturated carbocycles. The summed E-state index contributed by atoms with van der Waals surface area (Å²) in [6.45, 7) is 0. The van der Waals surface area contributed by atoms with Crippen LogP contribution in [0.25, 0.3) is 11.1 Å². The lowest BCUT2D eigenvalue weighted by atomic mass is 10.0. The van der Waals surface area contributed by atoms with E-state index in [-0.39, 0.29) is 10.5 Å². The molecule has 2 aromatic rings. The molecule has 2 nitrogen and oxygen atoms in total.